The van der Waals surface area contributed by atoms with Crippen LogP contribution >= 0.6 is 11.3 Å². The fraction of sp³-hybridized carbons (Fsp3) is 0.200. The predicted octanol–water partition coefficient (Wildman–Crippen LogP) is 0.679. The van der Waals surface area contributed by atoms with Gasteiger partial charge in [0.05, 0.1) is 29.0 Å². The normalized spacial score (nSPS) is 15.2. The molecule has 160 valence electrons. The molecule has 0 unspecified atom stereocenters. The summed E-state index contributed by atoms with van der Waals surface area (Å²) in [6, 6.07) is 8.23. The molecule has 4 N–H and O–H groups in total. The number of nitrogens with one attached hydrogen (secondary N) is 3. The number of aromatic amines is 2. The number of benzene rings is 1. The molecule has 0 bridgehead atoms. The minimum atomic E-state index is -0.498. The van der Waals surface area contributed by atoms with E-state index >= 15 is 0 Å². The summed E-state index contributed by atoms with van der Waals surface area (Å²) >= 11 is 1.61. The second kappa shape index (κ2) is 7.27. The van der Waals surface area contributed by atoms with E-state index in [4.69, 9.17) is 0 Å². The summed E-state index contributed by atoms with van der Waals surface area (Å²) in [5.74, 6) is 0.151. The van der Waals surface area contributed by atoms with Gasteiger partial charge in [-0.05, 0) is 31.1 Å². The molecule has 1 fully saturated rings. The van der Waals surface area contributed by atoms with Crippen molar-refractivity contribution in [1.82, 2.24) is 34.5 Å². The van der Waals surface area contributed by atoms with E-state index in [1.807, 2.05) is 24.3 Å². The van der Waals surface area contributed by atoms with Crippen molar-refractivity contribution < 1.29 is 5.11 Å². The van der Waals surface area contributed by atoms with Crippen molar-refractivity contribution in [3.8, 4) is 5.88 Å². The third-order valence-corrected chi connectivity index (χ3v) is 6.03. The van der Waals surface area contributed by atoms with Gasteiger partial charge in [0, 0.05) is 5.22 Å². The van der Waals surface area contributed by atoms with Crippen molar-refractivity contribution in [2.45, 2.75) is 25.4 Å². The molecule has 1 aliphatic carbocycles. The van der Waals surface area contributed by atoms with Gasteiger partial charge in [-0.25, -0.2) is 14.8 Å². The maximum atomic E-state index is 11.5. The number of aromatic hydroxyl groups is 1. The number of H-pyrrole nitrogens is 2. The van der Waals surface area contributed by atoms with Gasteiger partial charge in [-0.1, -0.05) is 12.1 Å². The van der Waals surface area contributed by atoms with E-state index in [1.54, 1.807) is 28.1 Å². The average Bonchev–Trinajstić information content (AvgIpc) is 3.21. The minimum Gasteiger partial charge on any atom is -0.493 e. The molecule has 0 radical (unpaired) electrons. The van der Waals surface area contributed by atoms with Crippen molar-refractivity contribution >= 4 is 39.2 Å². The van der Waals surface area contributed by atoms with Crippen molar-refractivity contribution in [2.75, 3.05) is 5.32 Å². The third-order valence-electron chi connectivity index (χ3n) is 4.99. The van der Waals surface area contributed by atoms with Gasteiger partial charge in [-0.15, -0.1) is 11.3 Å². The average molecular weight is 447 g/mol. The number of aromatic nitrogens is 7. The molecule has 12 heteroatoms. The van der Waals surface area contributed by atoms with E-state index < -0.39 is 5.69 Å². The second-order valence-corrected chi connectivity index (χ2v) is 8.57. The Kier molecular flexibility index (Phi) is 4.24. The molecule has 6 rings (SSSR count). The van der Waals surface area contributed by atoms with Crippen LogP contribution < -0.4 is 21.8 Å². The van der Waals surface area contributed by atoms with Crippen molar-refractivity contribution in [3.63, 3.8) is 0 Å². The number of hydrogen-bond donors (Lipinski definition) is 4. The maximum Gasteiger partial charge on any atom is 0.326 e. The van der Waals surface area contributed by atoms with E-state index in [1.165, 1.54) is 0 Å². The maximum absolute atomic E-state index is 11.5. The highest BCUT2D eigenvalue weighted by Crippen LogP contribution is 2.23. The molecule has 1 saturated carbocycles. The van der Waals surface area contributed by atoms with Crippen LogP contribution in [0.4, 0.5) is 5.95 Å². The van der Waals surface area contributed by atoms with Crippen molar-refractivity contribution in [1.29, 1.82) is 0 Å². The fourth-order valence-electron chi connectivity index (χ4n) is 3.31. The number of thiazole rings is 1. The third kappa shape index (κ3) is 3.50. The molecule has 11 nitrogen and oxygen atoms in total. The molecule has 4 heterocycles. The van der Waals surface area contributed by atoms with Crippen LogP contribution in [0, 0.1) is 0 Å². The van der Waals surface area contributed by atoms with Gasteiger partial charge in [-0.3, -0.25) is 4.98 Å². The first kappa shape index (κ1) is 18.7. The monoisotopic (exact) mass is 447 g/mol. The van der Waals surface area contributed by atoms with Gasteiger partial charge in [0.1, 0.15) is 10.7 Å². The Bertz CT molecular complexity index is 1610. The van der Waals surface area contributed by atoms with Crippen LogP contribution in [0.2, 0.25) is 0 Å². The van der Waals surface area contributed by atoms with Crippen LogP contribution in [-0.4, -0.2) is 45.7 Å². The highest BCUT2D eigenvalue weighted by Gasteiger charge is 2.21. The van der Waals surface area contributed by atoms with Crippen LogP contribution in [0.25, 0.3) is 21.9 Å². The zero-order valence-corrected chi connectivity index (χ0v) is 17.4. The Morgan fingerprint density at radius 3 is 2.91 bits per heavy atom. The molecule has 5 aromatic rings. The molecule has 4 aromatic heterocycles. The smallest absolute Gasteiger partial charge is 0.326 e. The largest absolute Gasteiger partial charge is 0.493 e. The topological polar surface area (TPSA) is 149 Å². The highest BCUT2D eigenvalue weighted by molar-refractivity contribution is 7.18. The lowest BCUT2D eigenvalue weighted by Gasteiger charge is -2.03. The summed E-state index contributed by atoms with van der Waals surface area (Å²) in [5.41, 5.74) is 1.67. The van der Waals surface area contributed by atoms with E-state index in [-0.39, 0.29) is 17.6 Å². The summed E-state index contributed by atoms with van der Waals surface area (Å²) in [7, 11) is 0. The van der Waals surface area contributed by atoms with Crippen LogP contribution in [-0.2, 0) is 6.54 Å². The first-order valence-electron chi connectivity index (χ1n) is 10.0. The molecular weight excluding hydrogens is 430 g/mol. The number of para-hydroxylation sites is 1. The zero-order valence-electron chi connectivity index (χ0n) is 16.6. The molecule has 0 saturated heterocycles. The summed E-state index contributed by atoms with van der Waals surface area (Å²) in [5, 5.41) is 19.0. The molecule has 1 aliphatic rings. The van der Waals surface area contributed by atoms with Crippen LogP contribution in [0.15, 0.2) is 40.2 Å². The van der Waals surface area contributed by atoms with Gasteiger partial charge in [0.15, 0.2) is 5.65 Å². The summed E-state index contributed by atoms with van der Waals surface area (Å²) < 4.78 is 2.69. The van der Waals surface area contributed by atoms with Gasteiger partial charge in [0.2, 0.25) is 11.8 Å². The van der Waals surface area contributed by atoms with Crippen LogP contribution in [0.5, 0.6) is 5.88 Å². The Balaban J connectivity index is 1.42. The van der Waals surface area contributed by atoms with E-state index in [0.29, 0.717) is 29.0 Å². The quantitative estimate of drug-likeness (QED) is 0.309. The number of fused-ring (bicyclic) bond motifs is 2. The lowest BCUT2D eigenvalue weighted by molar-refractivity contribution is 0.454. The van der Waals surface area contributed by atoms with Crippen molar-refractivity contribution in [3.05, 3.63) is 62.5 Å². The molecule has 0 aliphatic heterocycles. The summed E-state index contributed by atoms with van der Waals surface area (Å²) in [4.78, 5) is 34.7. The van der Waals surface area contributed by atoms with E-state index in [9.17, 15) is 9.90 Å². The number of nitrogens with zero attached hydrogens (tertiary/aromatic N) is 6. The first-order chi connectivity index (χ1) is 15.6. The SMILES string of the molecule is O=c1[nH]c(O)c(C=c2cnn3c(=NC4CC4)nc(NCc4nc5ccccc5s4)nc23)[nH]1. The number of rotatable bonds is 5. The Hall–Kier alpha value is -4.06. The van der Waals surface area contributed by atoms with E-state index in [2.05, 4.69) is 40.3 Å². The minimum absolute atomic E-state index is 0.243. The second-order valence-electron chi connectivity index (χ2n) is 7.46. The molecular formula is C20H17N9O2S. The molecule has 0 spiro atoms. The van der Waals surface area contributed by atoms with Gasteiger partial charge in [-0.2, -0.15) is 19.6 Å². The lowest BCUT2D eigenvalue weighted by Crippen LogP contribution is -2.24. The molecule has 0 amide bonds. The first-order valence-corrected chi connectivity index (χ1v) is 10.8. The number of imidazole rings is 1. The Morgan fingerprint density at radius 2 is 2.12 bits per heavy atom. The fourth-order valence-corrected chi connectivity index (χ4v) is 4.22. The van der Waals surface area contributed by atoms with Crippen LogP contribution in [0.1, 0.15) is 23.5 Å². The standard InChI is InChI=1S/C20H17N9O2S/c30-17-13(25-20(31)27-17)7-10-8-22-29-16(10)26-18(28-19(29)23-11-5-6-11)21-9-15-24-12-3-1-2-4-14(12)32-15/h1-4,7-8,11,30H,5-6,9H2,(H,21,23,28)(H2,25,27,31). The molecule has 1 aromatic carbocycles. The Morgan fingerprint density at radius 1 is 1.25 bits per heavy atom. The number of anilines is 1. The number of hydrogen-bond acceptors (Lipinski definition) is 9. The van der Waals surface area contributed by atoms with E-state index in [0.717, 1.165) is 28.1 Å². The summed E-state index contributed by atoms with van der Waals surface area (Å²) in [6.45, 7) is 0.470. The predicted molar refractivity (Wildman–Crippen MR) is 118 cm³/mol. The van der Waals surface area contributed by atoms with Crippen LogP contribution in [0.3, 0.4) is 0 Å². The van der Waals surface area contributed by atoms with Gasteiger partial charge >= 0.3 is 5.69 Å². The van der Waals surface area contributed by atoms with Gasteiger partial charge in [0.25, 0.3) is 5.62 Å². The molecule has 0 atom stereocenters. The zero-order chi connectivity index (χ0) is 21.7. The highest BCUT2D eigenvalue weighted by atomic mass is 32.1. The summed E-state index contributed by atoms with van der Waals surface area (Å²) in [6.07, 6.45) is 5.25. The lowest BCUT2D eigenvalue weighted by atomic mass is 10.3. The molecule has 32 heavy (non-hydrogen) atoms. The van der Waals surface area contributed by atoms with Gasteiger partial charge < -0.3 is 15.4 Å². The van der Waals surface area contributed by atoms with Crippen molar-refractivity contribution in [2.24, 2.45) is 4.99 Å². The Labute approximate surface area is 183 Å².